The third-order valence-electron chi connectivity index (χ3n) is 6.99. The van der Waals surface area contributed by atoms with E-state index in [9.17, 15) is 31.5 Å². The summed E-state index contributed by atoms with van der Waals surface area (Å²) in [4.78, 5) is 32.1. The molecule has 1 aromatic carbocycles. The Bertz CT molecular complexity index is 1200. The lowest BCUT2D eigenvalue weighted by molar-refractivity contribution is -0.140. The van der Waals surface area contributed by atoms with Gasteiger partial charge in [-0.05, 0) is 37.0 Å². The lowest BCUT2D eigenvalue weighted by Gasteiger charge is -2.36. The smallest absolute Gasteiger partial charge is 0.419 e. The summed E-state index contributed by atoms with van der Waals surface area (Å²) < 4.78 is 78.3. The molecule has 0 bridgehead atoms. The first-order chi connectivity index (χ1) is 17.1. The van der Waals surface area contributed by atoms with Gasteiger partial charge < -0.3 is 19.7 Å². The highest BCUT2D eigenvalue weighted by Crippen LogP contribution is 2.49. The average molecular weight is 511 g/mol. The first kappa shape index (κ1) is 24.4. The fraction of sp³-hybridized carbons (Fsp3) is 0.458. The molecule has 2 aliphatic heterocycles. The van der Waals surface area contributed by atoms with Crippen LogP contribution in [0.1, 0.15) is 40.4 Å². The molecule has 1 aliphatic carbocycles. The Balaban J connectivity index is 1.40. The van der Waals surface area contributed by atoms with Crippen molar-refractivity contribution in [2.24, 2.45) is 11.8 Å². The topological polar surface area (TPSA) is 80.8 Å². The SMILES string of the molecule is COc1cc(C(=O)N2[C@@H](C(=O)N[C@@H](c3cc(F)c(C(F)(F)F)cc3F)C3COC3)CC3C[C@H]32)ccn1. The van der Waals surface area contributed by atoms with E-state index in [2.05, 4.69) is 10.3 Å². The number of nitrogens with zero attached hydrogens (tertiary/aromatic N) is 2. The normalized spacial score (nSPS) is 24.1. The molecule has 2 saturated heterocycles. The van der Waals surface area contributed by atoms with Gasteiger partial charge in [0.05, 0.1) is 31.9 Å². The van der Waals surface area contributed by atoms with E-state index in [1.54, 1.807) is 0 Å². The molecule has 12 heteroatoms. The number of piperidine rings is 1. The third kappa shape index (κ3) is 4.38. The highest BCUT2D eigenvalue weighted by atomic mass is 19.4. The number of pyridine rings is 1. The van der Waals surface area contributed by atoms with Gasteiger partial charge in [-0.3, -0.25) is 9.59 Å². The Morgan fingerprint density at radius 1 is 1.17 bits per heavy atom. The Morgan fingerprint density at radius 3 is 2.56 bits per heavy atom. The number of benzene rings is 1. The van der Waals surface area contributed by atoms with E-state index >= 15 is 0 Å². The summed E-state index contributed by atoms with van der Waals surface area (Å²) in [5, 5.41) is 2.67. The van der Waals surface area contributed by atoms with Gasteiger partial charge in [0.25, 0.3) is 5.91 Å². The van der Waals surface area contributed by atoms with E-state index in [-0.39, 0.29) is 42.7 Å². The van der Waals surface area contributed by atoms with E-state index in [4.69, 9.17) is 9.47 Å². The molecule has 7 nitrogen and oxygen atoms in total. The van der Waals surface area contributed by atoms with E-state index in [1.807, 2.05) is 0 Å². The maximum Gasteiger partial charge on any atom is 0.419 e. The molecule has 3 aliphatic rings. The molecule has 3 heterocycles. The maximum atomic E-state index is 14.8. The number of aromatic nitrogens is 1. The van der Waals surface area contributed by atoms with Gasteiger partial charge in [-0.25, -0.2) is 13.8 Å². The fourth-order valence-corrected chi connectivity index (χ4v) is 4.95. The minimum atomic E-state index is -5.07. The molecule has 1 unspecified atom stereocenters. The molecule has 4 atom stereocenters. The van der Waals surface area contributed by atoms with Crippen molar-refractivity contribution in [2.75, 3.05) is 20.3 Å². The van der Waals surface area contributed by atoms with Gasteiger partial charge in [0.2, 0.25) is 11.8 Å². The molecule has 3 fully saturated rings. The number of methoxy groups -OCH3 is 1. The van der Waals surface area contributed by atoms with Crippen molar-refractivity contribution < 1.29 is 41.0 Å². The predicted octanol–water partition coefficient (Wildman–Crippen LogP) is 3.49. The number of alkyl halides is 3. The number of hydrogen-bond donors (Lipinski definition) is 1. The highest BCUT2D eigenvalue weighted by molar-refractivity contribution is 5.99. The van der Waals surface area contributed by atoms with Crippen LogP contribution in [0.5, 0.6) is 5.88 Å². The van der Waals surface area contributed by atoms with Crippen molar-refractivity contribution in [3.8, 4) is 5.88 Å². The van der Waals surface area contributed by atoms with Gasteiger partial charge in [-0.15, -0.1) is 0 Å². The number of ether oxygens (including phenoxy) is 2. The van der Waals surface area contributed by atoms with Gasteiger partial charge in [0.15, 0.2) is 0 Å². The van der Waals surface area contributed by atoms with Crippen molar-refractivity contribution in [3.05, 3.63) is 58.8 Å². The van der Waals surface area contributed by atoms with E-state index in [0.717, 1.165) is 6.42 Å². The third-order valence-corrected chi connectivity index (χ3v) is 6.99. The Labute approximate surface area is 202 Å². The van der Waals surface area contributed by atoms with Crippen LogP contribution in [-0.4, -0.2) is 54.1 Å². The molecule has 0 radical (unpaired) electrons. The largest absolute Gasteiger partial charge is 0.481 e. The first-order valence-electron chi connectivity index (χ1n) is 11.4. The number of rotatable bonds is 6. The Morgan fingerprint density at radius 2 is 1.92 bits per heavy atom. The van der Waals surface area contributed by atoms with Crippen LogP contribution in [0.2, 0.25) is 0 Å². The number of halogens is 5. The maximum absolute atomic E-state index is 14.8. The fourth-order valence-electron chi connectivity index (χ4n) is 4.95. The number of carbonyl (C=O) groups is 2. The number of hydrogen-bond acceptors (Lipinski definition) is 5. The van der Waals surface area contributed by atoms with Gasteiger partial charge in [0.1, 0.15) is 17.7 Å². The molecular weight excluding hydrogens is 489 g/mol. The summed E-state index contributed by atoms with van der Waals surface area (Å²) in [6.07, 6.45) is -2.52. The van der Waals surface area contributed by atoms with E-state index in [0.29, 0.717) is 12.5 Å². The molecule has 36 heavy (non-hydrogen) atoms. The molecule has 1 saturated carbocycles. The van der Waals surface area contributed by atoms with Crippen LogP contribution in [0.15, 0.2) is 30.5 Å². The van der Waals surface area contributed by atoms with Gasteiger partial charge in [0, 0.05) is 35.3 Å². The minimum Gasteiger partial charge on any atom is -0.481 e. The predicted molar refractivity (Wildman–Crippen MR) is 114 cm³/mol. The molecule has 2 amide bonds. The number of fused-ring (bicyclic) bond motifs is 1. The van der Waals surface area contributed by atoms with Crippen LogP contribution in [0.4, 0.5) is 22.0 Å². The number of carbonyl (C=O) groups excluding carboxylic acids is 2. The second-order valence-electron chi connectivity index (χ2n) is 9.25. The monoisotopic (exact) mass is 511 g/mol. The van der Waals surface area contributed by atoms with Gasteiger partial charge in [-0.1, -0.05) is 0 Å². The van der Waals surface area contributed by atoms with Gasteiger partial charge >= 0.3 is 6.18 Å². The molecule has 0 spiro atoms. The lowest BCUT2D eigenvalue weighted by Crippen LogP contribution is -2.51. The standard InChI is InChI=1S/C24H22F5N3O4/c1-35-20-6-11(2-3-30-20)23(34)32-18-4-12(18)5-19(32)22(33)31-21(13-9-36-10-13)14-7-17(26)15(8-16(14)25)24(27,28)29/h2-3,6-8,12-13,18-19,21H,4-5,9-10H2,1H3,(H,31,33)/t12?,18-,19-,21-/m1/s1. The number of amides is 2. The van der Waals surface area contributed by atoms with Crippen LogP contribution in [0.25, 0.3) is 0 Å². The molecule has 5 rings (SSSR count). The molecule has 1 aromatic heterocycles. The lowest BCUT2D eigenvalue weighted by atomic mass is 9.89. The zero-order valence-electron chi connectivity index (χ0n) is 19.0. The summed E-state index contributed by atoms with van der Waals surface area (Å²) in [5.41, 5.74) is -1.84. The van der Waals surface area contributed by atoms with Crippen LogP contribution in [0.3, 0.4) is 0 Å². The number of nitrogens with one attached hydrogen (secondary N) is 1. The molecule has 2 aromatic rings. The summed E-state index contributed by atoms with van der Waals surface area (Å²) >= 11 is 0. The zero-order valence-corrected chi connectivity index (χ0v) is 19.0. The molecule has 192 valence electrons. The first-order valence-corrected chi connectivity index (χ1v) is 11.4. The van der Waals surface area contributed by atoms with Crippen LogP contribution in [0, 0.1) is 23.5 Å². The van der Waals surface area contributed by atoms with Crippen molar-refractivity contribution >= 4 is 11.8 Å². The Kier molecular flexibility index (Phi) is 6.09. The highest BCUT2D eigenvalue weighted by Gasteiger charge is 2.56. The second-order valence-corrected chi connectivity index (χ2v) is 9.25. The zero-order chi connectivity index (χ0) is 25.8. The average Bonchev–Trinajstić information content (AvgIpc) is 3.47. The quantitative estimate of drug-likeness (QED) is 0.601. The summed E-state index contributed by atoms with van der Waals surface area (Å²) in [5.74, 6) is -4.00. The van der Waals surface area contributed by atoms with Crippen molar-refractivity contribution in [2.45, 2.75) is 37.1 Å². The van der Waals surface area contributed by atoms with Crippen molar-refractivity contribution in [1.29, 1.82) is 0 Å². The van der Waals surface area contributed by atoms with Crippen molar-refractivity contribution in [3.63, 3.8) is 0 Å². The van der Waals surface area contributed by atoms with Gasteiger partial charge in [-0.2, -0.15) is 13.2 Å². The second kappa shape index (κ2) is 8.99. The van der Waals surface area contributed by atoms with E-state index < -0.39 is 58.8 Å². The van der Waals surface area contributed by atoms with Crippen LogP contribution in [-0.2, 0) is 15.7 Å². The molecular formula is C24H22F5N3O4. The Hall–Kier alpha value is -3.28. The summed E-state index contributed by atoms with van der Waals surface area (Å²) in [7, 11) is 1.41. The summed E-state index contributed by atoms with van der Waals surface area (Å²) in [6, 6.07) is 1.41. The minimum absolute atomic E-state index is 0.0980. The van der Waals surface area contributed by atoms with Crippen LogP contribution < -0.4 is 10.1 Å². The molecule has 1 N–H and O–H groups in total. The van der Waals surface area contributed by atoms with E-state index in [1.165, 1.54) is 30.3 Å². The number of likely N-dealkylation sites (tertiary alicyclic amines) is 1. The van der Waals surface area contributed by atoms with Crippen LogP contribution >= 0.6 is 0 Å². The van der Waals surface area contributed by atoms with Crippen molar-refractivity contribution in [1.82, 2.24) is 15.2 Å². The summed E-state index contributed by atoms with van der Waals surface area (Å²) in [6.45, 7) is 0.227.